The van der Waals surface area contributed by atoms with E-state index in [2.05, 4.69) is 0 Å². The SMILES string of the molecule is CCC(C)N(CC(=O)O)C(=O)CSc1ccc(C(N)=O)cc1[N+](=O)[O-]. The Balaban J connectivity index is 2.95. The Labute approximate surface area is 148 Å². The number of amides is 2. The van der Waals surface area contributed by atoms with Crippen molar-refractivity contribution in [2.75, 3.05) is 12.3 Å². The largest absolute Gasteiger partial charge is 0.480 e. The van der Waals surface area contributed by atoms with Crippen LogP contribution in [0.3, 0.4) is 0 Å². The first-order chi connectivity index (χ1) is 11.7. The highest BCUT2D eigenvalue weighted by atomic mass is 32.2. The van der Waals surface area contributed by atoms with Gasteiger partial charge in [0, 0.05) is 17.7 Å². The topological polar surface area (TPSA) is 144 Å². The number of primary amides is 1. The maximum absolute atomic E-state index is 12.3. The van der Waals surface area contributed by atoms with Crippen LogP contribution in [0.15, 0.2) is 23.1 Å². The van der Waals surface area contributed by atoms with Crippen molar-refractivity contribution in [1.82, 2.24) is 4.90 Å². The number of benzene rings is 1. The van der Waals surface area contributed by atoms with Gasteiger partial charge in [-0.2, -0.15) is 0 Å². The lowest BCUT2D eigenvalue weighted by atomic mass is 10.2. The molecule has 0 aliphatic heterocycles. The predicted molar refractivity (Wildman–Crippen MR) is 91.4 cm³/mol. The maximum atomic E-state index is 12.3. The van der Waals surface area contributed by atoms with E-state index in [0.29, 0.717) is 6.42 Å². The highest BCUT2D eigenvalue weighted by molar-refractivity contribution is 8.00. The van der Waals surface area contributed by atoms with E-state index in [4.69, 9.17) is 10.8 Å². The highest BCUT2D eigenvalue weighted by Crippen LogP contribution is 2.30. The minimum atomic E-state index is -1.13. The first kappa shape index (κ1) is 20.4. The molecule has 25 heavy (non-hydrogen) atoms. The molecular formula is C15H19N3O6S. The summed E-state index contributed by atoms with van der Waals surface area (Å²) >= 11 is 0.909. The number of hydrogen-bond donors (Lipinski definition) is 2. The second-order valence-electron chi connectivity index (χ2n) is 5.27. The predicted octanol–water partition coefficient (Wildman–Crippen LogP) is 1.50. The number of nitrogens with zero attached hydrogens (tertiary/aromatic N) is 2. The van der Waals surface area contributed by atoms with Crippen molar-refractivity contribution in [2.24, 2.45) is 5.73 Å². The van der Waals surface area contributed by atoms with Crippen molar-refractivity contribution in [3.63, 3.8) is 0 Å². The van der Waals surface area contributed by atoms with Gasteiger partial charge in [0.15, 0.2) is 0 Å². The zero-order valence-electron chi connectivity index (χ0n) is 13.8. The zero-order chi connectivity index (χ0) is 19.1. The fourth-order valence-electron chi connectivity index (χ4n) is 2.01. The number of carboxylic acid groups (broad SMARTS) is 1. The summed E-state index contributed by atoms with van der Waals surface area (Å²) in [6.45, 7) is 3.13. The second kappa shape index (κ2) is 9.02. The molecule has 2 amide bonds. The smallest absolute Gasteiger partial charge is 0.323 e. The molecule has 0 bridgehead atoms. The van der Waals surface area contributed by atoms with Crippen LogP contribution in [0.1, 0.15) is 30.6 Å². The van der Waals surface area contributed by atoms with Crippen molar-refractivity contribution in [1.29, 1.82) is 0 Å². The summed E-state index contributed by atoms with van der Waals surface area (Å²) in [5.41, 5.74) is 4.77. The van der Waals surface area contributed by atoms with Gasteiger partial charge in [-0.25, -0.2) is 0 Å². The van der Waals surface area contributed by atoms with Crippen LogP contribution < -0.4 is 5.73 Å². The number of carbonyl (C=O) groups is 3. The van der Waals surface area contributed by atoms with Gasteiger partial charge >= 0.3 is 5.97 Å². The molecule has 1 aromatic rings. The summed E-state index contributed by atoms with van der Waals surface area (Å²) in [6, 6.07) is 3.47. The summed E-state index contributed by atoms with van der Waals surface area (Å²) in [5, 5.41) is 20.1. The lowest BCUT2D eigenvalue weighted by molar-refractivity contribution is -0.387. The first-order valence-electron chi connectivity index (χ1n) is 7.39. The Bertz CT molecular complexity index is 694. The van der Waals surface area contributed by atoms with Crippen LogP contribution in [0.2, 0.25) is 0 Å². The van der Waals surface area contributed by atoms with Gasteiger partial charge in [0.25, 0.3) is 5.69 Å². The molecule has 1 atom stereocenters. The molecule has 136 valence electrons. The molecule has 1 aromatic carbocycles. The van der Waals surface area contributed by atoms with Gasteiger partial charge < -0.3 is 15.7 Å². The van der Waals surface area contributed by atoms with Gasteiger partial charge in [-0.1, -0.05) is 6.92 Å². The Hall–Kier alpha value is -2.62. The fourth-order valence-corrected chi connectivity index (χ4v) is 2.90. The van der Waals surface area contributed by atoms with Gasteiger partial charge in [-0.15, -0.1) is 11.8 Å². The monoisotopic (exact) mass is 369 g/mol. The van der Waals surface area contributed by atoms with Crippen LogP contribution in [0.25, 0.3) is 0 Å². The van der Waals surface area contributed by atoms with Gasteiger partial charge in [-0.05, 0) is 25.5 Å². The van der Waals surface area contributed by atoms with E-state index in [-0.39, 0.29) is 27.9 Å². The molecule has 0 saturated heterocycles. The van der Waals surface area contributed by atoms with Gasteiger partial charge in [-0.3, -0.25) is 24.5 Å². The number of nitro benzene ring substituents is 1. The third-order valence-electron chi connectivity index (χ3n) is 3.54. The Morgan fingerprint density at radius 2 is 2.04 bits per heavy atom. The summed E-state index contributed by atoms with van der Waals surface area (Å²) in [5.74, 6) is -2.51. The number of rotatable bonds is 9. The van der Waals surface area contributed by atoms with Crippen LogP contribution in [-0.4, -0.2) is 51.1 Å². The van der Waals surface area contributed by atoms with Crippen LogP contribution >= 0.6 is 11.8 Å². The van der Waals surface area contributed by atoms with E-state index in [1.165, 1.54) is 17.0 Å². The lowest BCUT2D eigenvalue weighted by Crippen LogP contribution is -2.42. The van der Waals surface area contributed by atoms with Crippen molar-refractivity contribution in [3.8, 4) is 0 Å². The average Bonchev–Trinajstić information content (AvgIpc) is 2.56. The summed E-state index contributed by atoms with van der Waals surface area (Å²) in [4.78, 5) is 46.3. The molecule has 0 saturated carbocycles. The fraction of sp³-hybridized carbons (Fsp3) is 0.400. The maximum Gasteiger partial charge on any atom is 0.323 e. The van der Waals surface area contributed by atoms with Crippen molar-refractivity contribution >= 4 is 35.2 Å². The first-order valence-corrected chi connectivity index (χ1v) is 8.38. The number of nitrogens with two attached hydrogens (primary N) is 1. The molecule has 0 aliphatic carbocycles. The highest BCUT2D eigenvalue weighted by Gasteiger charge is 2.23. The molecular weight excluding hydrogens is 350 g/mol. The summed E-state index contributed by atoms with van der Waals surface area (Å²) in [7, 11) is 0. The van der Waals surface area contributed by atoms with Crippen molar-refractivity contribution in [2.45, 2.75) is 31.2 Å². The van der Waals surface area contributed by atoms with Crippen molar-refractivity contribution in [3.05, 3.63) is 33.9 Å². The van der Waals surface area contributed by atoms with Crippen LogP contribution in [-0.2, 0) is 9.59 Å². The van der Waals surface area contributed by atoms with E-state index in [9.17, 15) is 24.5 Å². The van der Waals surface area contributed by atoms with Gasteiger partial charge in [0.1, 0.15) is 6.54 Å². The minimum absolute atomic E-state index is 0.00511. The summed E-state index contributed by atoms with van der Waals surface area (Å²) in [6.07, 6.45) is 0.580. The van der Waals surface area contributed by atoms with E-state index in [1.807, 2.05) is 6.92 Å². The molecule has 3 N–H and O–H groups in total. The second-order valence-corrected chi connectivity index (χ2v) is 6.28. The standard InChI is InChI=1S/C15H19N3O6S/c1-3-9(2)17(7-14(20)21)13(19)8-25-12-5-4-10(15(16)22)6-11(12)18(23)24/h4-6,9H,3,7-8H2,1-2H3,(H2,16,22)(H,20,21). The van der Waals surface area contributed by atoms with Crippen molar-refractivity contribution < 1.29 is 24.4 Å². The molecule has 0 aliphatic rings. The number of carbonyl (C=O) groups excluding carboxylic acids is 2. The number of hydrogen-bond acceptors (Lipinski definition) is 6. The van der Waals surface area contributed by atoms with E-state index >= 15 is 0 Å². The number of carboxylic acids is 1. The van der Waals surface area contributed by atoms with Crippen LogP contribution in [0, 0.1) is 10.1 Å². The Morgan fingerprint density at radius 3 is 2.52 bits per heavy atom. The molecule has 1 rings (SSSR count). The average molecular weight is 369 g/mol. The molecule has 10 heteroatoms. The zero-order valence-corrected chi connectivity index (χ0v) is 14.6. The third kappa shape index (κ3) is 5.75. The molecule has 0 spiro atoms. The molecule has 0 heterocycles. The van der Waals surface area contributed by atoms with Gasteiger partial charge in [0.05, 0.1) is 15.6 Å². The van der Waals surface area contributed by atoms with E-state index in [1.54, 1.807) is 6.92 Å². The quantitative estimate of drug-likeness (QED) is 0.381. The van der Waals surface area contributed by atoms with E-state index in [0.717, 1.165) is 17.8 Å². The normalized spacial score (nSPS) is 11.6. The molecule has 0 radical (unpaired) electrons. The molecule has 0 aromatic heterocycles. The van der Waals surface area contributed by atoms with E-state index < -0.39 is 29.3 Å². The lowest BCUT2D eigenvalue weighted by Gasteiger charge is -2.26. The Morgan fingerprint density at radius 1 is 1.40 bits per heavy atom. The number of aliphatic carboxylic acids is 1. The molecule has 1 unspecified atom stereocenters. The third-order valence-corrected chi connectivity index (χ3v) is 4.59. The molecule has 9 nitrogen and oxygen atoms in total. The minimum Gasteiger partial charge on any atom is -0.480 e. The molecule has 0 fully saturated rings. The van der Waals surface area contributed by atoms with Crippen LogP contribution in [0.4, 0.5) is 5.69 Å². The summed E-state index contributed by atoms with van der Waals surface area (Å²) < 4.78 is 0. The number of thioether (sulfide) groups is 1. The van der Waals surface area contributed by atoms with Crippen LogP contribution in [0.5, 0.6) is 0 Å². The Kier molecular flexibility index (Phi) is 7.37. The van der Waals surface area contributed by atoms with Gasteiger partial charge in [0.2, 0.25) is 11.8 Å². The number of nitro groups is 1.